The molecule has 5 heteroatoms. The Morgan fingerprint density at radius 3 is 2.85 bits per heavy atom. The van der Waals surface area contributed by atoms with Crippen LogP contribution < -0.4 is 0 Å². The molecule has 0 N–H and O–H groups in total. The molecule has 0 radical (unpaired) electrons. The number of rotatable bonds is 1. The molecule has 0 aromatic heterocycles. The van der Waals surface area contributed by atoms with Gasteiger partial charge in [-0.1, -0.05) is 17.7 Å². The highest BCUT2D eigenvalue weighted by molar-refractivity contribution is 9.10. The van der Waals surface area contributed by atoms with Crippen molar-refractivity contribution in [2.45, 2.75) is 31.3 Å². The smallest absolute Gasteiger partial charge is 0.255 e. The van der Waals surface area contributed by atoms with Gasteiger partial charge in [0.2, 0.25) is 0 Å². The summed E-state index contributed by atoms with van der Waals surface area (Å²) in [6.45, 7) is 1.64. The van der Waals surface area contributed by atoms with Gasteiger partial charge in [-0.05, 0) is 54.4 Å². The van der Waals surface area contributed by atoms with Crippen molar-refractivity contribution >= 4 is 33.4 Å². The zero-order valence-electron chi connectivity index (χ0n) is 11.5. The molecule has 108 valence electrons. The van der Waals surface area contributed by atoms with Crippen LogP contribution in [0.2, 0.25) is 5.02 Å². The van der Waals surface area contributed by atoms with Gasteiger partial charge in [0.1, 0.15) is 0 Å². The topological polar surface area (TPSA) is 23.6 Å². The number of hydrogen-bond acceptors (Lipinski definition) is 2. The number of carbonyl (C=O) groups excluding carboxylic acids is 1. The first-order chi connectivity index (χ1) is 9.58. The molecule has 3 rings (SSSR count). The van der Waals surface area contributed by atoms with Gasteiger partial charge in [-0.15, -0.1) is 0 Å². The summed E-state index contributed by atoms with van der Waals surface area (Å²) in [5, 5.41) is 0.514. The first kappa shape index (κ1) is 14.4. The van der Waals surface area contributed by atoms with Crippen LogP contribution in [0, 0.1) is 0 Å². The van der Waals surface area contributed by atoms with E-state index in [-0.39, 0.29) is 5.91 Å². The van der Waals surface area contributed by atoms with Crippen molar-refractivity contribution in [3.63, 3.8) is 0 Å². The van der Waals surface area contributed by atoms with Gasteiger partial charge in [0.15, 0.2) is 0 Å². The van der Waals surface area contributed by atoms with Crippen LogP contribution in [0.5, 0.6) is 0 Å². The second-order valence-electron chi connectivity index (χ2n) is 5.69. The van der Waals surface area contributed by atoms with Crippen molar-refractivity contribution in [1.29, 1.82) is 0 Å². The molecule has 0 spiro atoms. The zero-order valence-corrected chi connectivity index (χ0v) is 13.8. The molecule has 1 amide bonds. The normalized spacial score (nSPS) is 26.6. The molecular formula is C15H18BrClN2O. The number of nitrogens with zero attached hydrogens (tertiary/aromatic N) is 2. The molecule has 1 aromatic rings. The van der Waals surface area contributed by atoms with Crippen molar-refractivity contribution in [2.24, 2.45) is 0 Å². The fraction of sp³-hybridized carbons (Fsp3) is 0.533. The monoisotopic (exact) mass is 356 g/mol. The minimum absolute atomic E-state index is 0.0530. The predicted octanol–water partition coefficient (Wildman–Crippen LogP) is 3.41. The first-order valence-corrected chi connectivity index (χ1v) is 8.20. The molecule has 2 atom stereocenters. The molecule has 2 bridgehead atoms. The third-order valence-electron chi connectivity index (χ3n) is 4.62. The van der Waals surface area contributed by atoms with Crippen molar-refractivity contribution in [3.05, 3.63) is 33.3 Å². The lowest BCUT2D eigenvalue weighted by molar-refractivity contribution is 0.0740. The van der Waals surface area contributed by atoms with Gasteiger partial charge >= 0.3 is 0 Å². The van der Waals surface area contributed by atoms with Crippen LogP contribution in [-0.2, 0) is 0 Å². The van der Waals surface area contributed by atoms with Gasteiger partial charge in [-0.2, -0.15) is 0 Å². The Hall–Kier alpha value is -0.580. The van der Waals surface area contributed by atoms with Crippen molar-refractivity contribution in [1.82, 2.24) is 9.80 Å². The lowest BCUT2D eigenvalue weighted by Crippen LogP contribution is -2.39. The van der Waals surface area contributed by atoms with E-state index in [9.17, 15) is 4.79 Å². The SMILES string of the molecule is CN1C2CCC1CN(C(=O)c1cccc(Br)c1Cl)CC2. The number of hydrogen-bond donors (Lipinski definition) is 0. The lowest BCUT2D eigenvalue weighted by atomic mass is 10.1. The third-order valence-corrected chi connectivity index (χ3v) is 5.91. The summed E-state index contributed by atoms with van der Waals surface area (Å²) in [7, 11) is 2.18. The van der Waals surface area contributed by atoms with E-state index in [1.165, 1.54) is 12.8 Å². The van der Waals surface area contributed by atoms with Gasteiger partial charge in [-0.25, -0.2) is 0 Å². The van der Waals surface area contributed by atoms with E-state index < -0.39 is 0 Å². The summed E-state index contributed by atoms with van der Waals surface area (Å²) >= 11 is 9.64. The number of likely N-dealkylation sites (N-methyl/N-ethyl adjacent to an activating group) is 1. The Balaban J connectivity index is 1.82. The molecular weight excluding hydrogens is 340 g/mol. The fourth-order valence-corrected chi connectivity index (χ4v) is 3.91. The Kier molecular flexibility index (Phi) is 4.07. The van der Waals surface area contributed by atoms with Crippen LogP contribution in [-0.4, -0.2) is 47.9 Å². The minimum Gasteiger partial charge on any atom is -0.337 e. The molecule has 0 saturated carbocycles. The Morgan fingerprint density at radius 2 is 2.05 bits per heavy atom. The van der Waals surface area contributed by atoms with Gasteiger partial charge in [0.25, 0.3) is 5.91 Å². The average Bonchev–Trinajstić information content (AvgIpc) is 2.66. The number of carbonyl (C=O) groups is 1. The van der Waals surface area contributed by atoms with Crippen molar-refractivity contribution < 1.29 is 4.79 Å². The van der Waals surface area contributed by atoms with E-state index in [1.807, 2.05) is 23.1 Å². The van der Waals surface area contributed by atoms with Gasteiger partial charge in [0.05, 0.1) is 10.6 Å². The Labute approximate surface area is 133 Å². The summed E-state index contributed by atoms with van der Waals surface area (Å²) in [6.07, 6.45) is 3.52. The quantitative estimate of drug-likeness (QED) is 0.769. The molecule has 2 aliphatic heterocycles. The molecule has 2 aliphatic rings. The molecule has 0 aliphatic carbocycles. The van der Waals surface area contributed by atoms with Gasteiger partial charge in [0, 0.05) is 29.6 Å². The zero-order chi connectivity index (χ0) is 14.3. The summed E-state index contributed by atoms with van der Waals surface area (Å²) in [5.41, 5.74) is 0.599. The van der Waals surface area contributed by atoms with E-state index in [4.69, 9.17) is 11.6 Å². The van der Waals surface area contributed by atoms with Crippen molar-refractivity contribution in [2.75, 3.05) is 20.1 Å². The number of amides is 1. The fourth-order valence-electron chi connectivity index (χ4n) is 3.33. The van der Waals surface area contributed by atoms with Crippen LogP contribution in [0.4, 0.5) is 0 Å². The minimum atomic E-state index is 0.0530. The number of likely N-dealkylation sites (tertiary alicyclic amines) is 1. The maximum Gasteiger partial charge on any atom is 0.255 e. The van der Waals surface area contributed by atoms with Gasteiger partial charge < -0.3 is 4.90 Å². The number of benzene rings is 1. The van der Waals surface area contributed by atoms with Gasteiger partial charge in [-0.3, -0.25) is 9.69 Å². The average molecular weight is 358 g/mol. The molecule has 2 unspecified atom stereocenters. The first-order valence-electron chi connectivity index (χ1n) is 7.03. The molecule has 20 heavy (non-hydrogen) atoms. The van der Waals surface area contributed by atoms with E-state index in [0.29, 0.717) is 22.7 Å². The Morgan fingerprint density at radius 1 is 1.30 bits per heavy atom. The van der Waals surface area contributed by atoms with Crippen LogP contribution >= 0.6 is 27.5 Å². The van der Waals surface area contributed by atoms with E-state index >= 15 is 0 Å². The standard InChI is InChI=1S/C15H18BrClN2O/c1-18-10-5-6-11(18)9-19(8-7-10)15(20)12-3-2-4-13(16)14(12)17/h2-4,10-11H,5-9H2,1H3. The maximum absolute atomic E-state index is 12.7. The number of halogens is 2. The molecule has 3 nitrogen and oxygen atoms in total. The molecule has 2 fully saturated rings. The maximum atomic E-state index is 12.7. The van der Waals surface area contributed by atoms with Crippen LogP contribution in [0.15, 0.2) is 22.7 Å². The second-order valence-corrected chi connectivity index (χ2v) is 6.92. The predicted molar refractivity (Wildman–Crippen MR) is 84.2 cm³/mol. The summed E-state index contributed by atoms with van der Waals surface area (Å²) in [4.78, 5) is 17.1. The highest BCUT2D eigenvalue weighted by Crippen LogP contribution is 2.31. The highest BCUT2D eigenvalue weighted by atomic mass is 79.9. The van der Waals surface area contributed by atoms with Crippen molar-refractivity contribution in [3.8, 4) is 0 Å². The Bertz CT molecular complexity index is 537. The summed E-state index contributed by atoms with van der Waals surface area (Å²) in [5.74, 6) is 0.0530. The second kappa shape index (κ2) is 5.66. The van der Waals surface area contributed by atoms with Crippen LogP contribution in [0.3, 0.4) is 0 Å². The number of fused-ring (bicyclic) bond motifs is 2. The summed E-state index contributed by atoms with van der Waals surface area (Å²) in [6, 6.07) is 6.66. The largest absolute Gasteiger partial charge is 0.337 e. The lowest BCUT2D eigenvalue weighted by Gasteiger charge is -2.26. The highest BCUT2D eigenvalue weighted by Gasteiger charge is 2.36. The third kappa shape index (κ3) is 2.49. The van der Waals surface area contributed by atoms with Crippen LogP contribution in [0.1, 0.15) is 29.6 Å². The van der Waals surface area contributed by atoms with E-state index in [1.54, 1.807) is 0 Å². The summed E-state index contributed by atoms with van der Waals surface area (Å²) < 4.78 is 0.776. The molecule has 2 saturated heterocycles. The van der Waals surface area contributed by atoms with Crippen LogP contribution in [0.25, 0.3) is 0 Å². The van der Waals surface area contributed by atoms with E-state index in [0.717, 1.165) is 24.0 Å². The van der Waals surface area contributed by atoms with E-state index in [2.05, 4.69) is 27.9 Å². The molecule has 1 aromatic carbocycles. The molecule has 2 heterocycles.